The molecule has 1 N–H and O–H groups in total. The standard InChI is InChI=1S/C10H18O3/c1-3-4-7-13-8-5-6-9(2)10(11)12/h6H,3-5,7-8H2,1-2H3,(H,11,12)/b9-6+. The van der Waals surface area contributed by atoms with E-state index in [0.29, 0.717) is 18.6 Å². The van der Waals surface area contributed by atoms with Crippen LogP contribution in [0, 0.1) is 0 Å². The van der Waals surface area contributed by atoms with E-state index in [1.807, 2.05) is 0 Å². The number of unbranched alkanes of at least 4 members (excludes halogenated alkanes) is 1. The first-order chi connectivity index (χ1) is 6.18. The molecule has 13 heavy (non-hydrogen) atoms. The molecule has 0 spiro atoms. The molecular formula is C10H18O3. The van der Waals surface area contributed by atoms with Crippen LogP contribution in [0.25, 0.3) is 0 Å². The summed E-state index contributed by atoms with van der Waals surface area (Å²) in [4.78, 5) is 10.4. The minimum atomic E-state index is -0.853. The number of rotatable bonds is 7. The largest absolute Gasteiger partial charge is 0.478 e. The predicted molar refractivity (Wildman–Crippen MR) is 51.7 cm³/mol. The number of hydrogen-bond donors (Lipinski definition) is 1. The summed E-state index contributed by atoms with van der Waals surface area (Å²) in [5, 5.41) is 8.51. The van der Waals surface area contributed by atoms with Crippen molar-refractivity contribution in [2.24, 2.45) is 0 Å². The number of carboxylic acids is 1. The van der Waals surface area contributed by atoms with Gasteiger partial charge in [0.05, 0.1) is 6.61 Å². The van der Waals surface area contributed by atoms with Crippen molar-refractivity contribution in [2.45, 2.75) is 33.1 Å². The topological polar surface area (TPSA) is 46.5 Å². The van der Waals surface area contributed by atoms with E-state index < -0.39 is 5.97 Å². The first-order valence-electron chi connectivity index (χ1n) is 4.66. The number of aliphatic carboxylic acids is 1. The van der Waals surface area contributed by atoms with Gasteiger partial charge in [-0.15, -0.1) is 0 Å². The van der Waals surface area contributed by atoms with E-state index in [4.69, 9.17) is 9.84 Å². The van der Waals surface area contributed by atoms with Crippen molar-refractivity contribution in [3.05, 3.63) is 11.6 Å². The third-order valence-electron chi connectivity index (χ3n) is 1.69. The molecule has 0 fully saturated rings. The first-order valence-corrected chi connectivity index (χ1v) is 4.66. The molecule has 0 saturated heterocycles. The molecule has 0 aliphatic rings. The van der Waals surface area contributed by atoms with E-state index in [-0.39, 0.29) is 0 Å². The van der Waals surface area contributed by atoms with E-state index in [2.05, 4.69) is 6.92 Å². The third kappa shape index (κ3) is 7.53. The molecule has 0 bridgehead atoms. The maximum Gasteiger partial charge on any atom is 0.330 e. The van der Waals surface area contributed by atoms with Crippen LogP contribution in [-0.2, 0) is 9.53 Å². The van der Waals surface area contributed by atoms with E-state index in [1.54, 1.807) is 13.0 Å². The summed E-state index contributed by atoms with van der Waals surface area (Å²) in [6, 6.07) is 0. The minimum absolute atomic E-state index is 0.388. The predicted octanol–water partition coefficient (Wildman–Crippen LogP) is 2.22. The van der Waals surface area contributed by atoms with Gasteiger partial charge in [-0.25, -0.2) is 4.79 Å². The van der Waals surface area contributed by atoms with Gasteiger partial charge in [-0.05, 0) is 19.8 Å². The Morgan fingerprint density at radius 2 is 2.15 bits per heavy atom. The van der Waals surface area contributed by atoms with Crippen molar-refractivity contribution in [3.8, 4) is 0 Å². The second kappa shape index (κ2) is 7.80. The highest BCUT2D eigenvalue weighted by Crippen LogP contribution is 1.96. The van der Waals surface area contributed by atoms with Crippen LogP contribution in [0.1, 0.15) is 33.1 Å². The average molecular weight is 186 g/mol. The number of ether oxygens (including phenoxy) is 1. The molecule has 0 aromatic heterocycles. The van der Waals surface area contributed by atoms with Gasteiger partial charge >= 0.3 is 5.97 Å². The lowest BCUT2D eigenvalue weighted by atomic mass is 10.2. The molecule has 0 radical (unpaired) electrons. The molecule has 76 valence electrons. The van der Waals surface area contributed by atoms with Gasteiger partial charge in [0.25, 0.3) is 0 Å². The summed E-state index contributed by atoms with van der Waals surface area (Å²) in [5.41, 5.74) is 0.388. The van der Waals surface area contributed by atoms with E-state index >= 15 is 0 Å². The zero-order chi connectivity index (χ0) is 10.1. The molecule has 0 atom stereocenters. The Kier molecular flexibility index (Phi) is 7.30. The van der Waals surface area contributed by atoms with Crippen molar-refractivity contribution >= 4 is 5.97 Å². The smallest absolute Gasteiger partial charge is 0.330 e. The fourth-order valence-electron chi connectivity index (χ4n) is 0.795. The summed E-state index contributed by atoms with van der Waals surface area (Å²) in [6.07, 6.45) is 4.57. The Morgan fingerprint density at radius 1 is 1.46 bits per heavy atom. The van der Waals surface area contributed by atoms with Gasteiger partial charge in [-0.1, -0.05) is 19.4 Å². The average Bonchev–Trinajstić information content (AvgIpc) is 2.10. The first kappa shape index (κ1) is 12.2. The zero-order valence-electron chi connectivity index (χ0n) is 8.38. The monoisotopic (exact) mass is 186 g/mol. The highest BCUT2D eigenvalue weighted by Gasteiger charge is 1.97. The van der Waals surface area contributed by atoms with Crippen molar-refractivity contribution in [1.82, 2.24) is 0 Å². The van der Waals surface area contributed by atoms with Crippen LogP contribution >= 0.6 is 0 Å². The molecule has 0 heterocycles. The van der Waals surface area contributed by atoms with Crippen LogP contribution in [0.2, 0.25) is 0 Å². The van der Waals surface area contributed by atoms with E-state index in [9.17, 15) is 4.79 Å². The molecule has 0 rings (SSSR count). The Bertz CT molecular complexity index is 173. The Balaban J connectivity index is 3.34. The van der Waals surface area contributed by atoms with Gasteiger partial charge in [-0.3, -0.25) is 0 Å². The maximum atomic E-state index is 10.4. The van der Waals surface area contributed by atoms with Crippen molar-refractivity contribution in [3.63, 3.8) is 0 Å². The van der Waals surface area contributed by atoms with E-state index in [1.165, 1.54) is 0 Å². The SMILES string of the molecule is CCCCOCC/C=C(\C)C(=O)O. The summed E-state index contributed by atoms with van der Waals surface area (Å²) < 4.78 is 5.27. The Labute approximate surface area is 79.4 Å². The molecule has 0 amide bonds. The number of hydrogen-bond acceptors (Lipinski definition) is 2. The van der Waals surface area contributed by atoms with Crippen LogP contribution in [0.3, 0.4) is 0 Å². The quantitative estimate of drug-likeness (QED) is 0.490. The second-order valence-electron chi connectivity index (χ2n) is 2.95. The molecule has 0 aromatic carbocycles. The lowest BCUT2D eigenvalue weighted by molar-refractivity contribution is -0.132. The Hall–Kier alpha value is -0.830. The fraction of sp³-hybridized carbons (Fsp3) is 0.700. The number of carbonyl (C=O) groups is 1. The summed E-state index contributed by atoms with van der Waals surface area (Å²) in [7, 11) is 0. The fourth-order valence-corrected chi connectivity index (χ4v) is 0.795. The van der Waals surface area contributed by atoms with Crippen LogP contribution in [0.5, 0.6) is 0 Å². The molecule has 0 aliphatic heterocycles. The molecule has 0 saturated carbocycles. The highest BCUT2D eigenvalue weighted by atomic mass is 16.5. The molecule has 0 aromatic rings. The molecule has 0 aliphatic carbocycles. The maximum absolute atomic E-state index is 10.4. The minimum Gasteiger partial charge on any atom is -0.478 e. The molecule has 3 heteroatoms. The number of carboxylic acid groups (broad SMARTS) is 1. The summed E-state index contributed by atoms with van der Waals surface area (Å²) in [5.74, 6) is -0.853. The van der Waals surface area contributed by atoms with Gasteiger partial charge in [0, 0.05) is 12.2 Å². The summed E-state index contributed by atoms with van der Waals surface area (Å²) in [6.45, 7) is 5.09. The molecule has 3 nitrogen and oxygen atoms in total. The van der Waals surface area contributed by atoms with Gasteiger partial charge in [-0.2, -0.15) is 0 Å². The third-order valence-corrected chi connectivity index (χ3v) is 1.69. The van der Waals surface area contributed by atoms with Gasteiger partial charge in [0.2, 0.25) is 0 Å². The Morgan fingerprint density at radius 3 is 2.69 bits per heavy atom. The molecular weight excluding hydrogens is 168 g/mol. The zero-order valence-corrected chi connectivity index (χ0v) is 8.38. The normalized spacial score (nSPS) is 11.7. The summed E-state index contributed by atoms with van der Waals surface area (Å²) >= 11 is 0. The lowest BCUT2D eigenvalue weighted by Crippen LogP contribution is -1.98. The lowest BCUT2D eigenvalue weighted by Gasteiger charge is -2.00. The van der Waals surface area contributed by atoms with Gasteiger partial charge in [0.15, 0.2) is 0 Å². The van der Waals surface area contributed by atoms with E-state index in [0.717, 1.165) is 19.4 Å². The van der Waals surface area contributed by atoms with Crippen LogP contribution in [0.15, 0.2) is 11.6 Å². The van der Waals surface area contributed by atoms with Crippen LogP contribution in [0.4, 0.5) is 0 Å². The molecule has 0 unspecified atom stereocenters. The van der Waals surface area contributed by atoms with Crippen LogP contribution in [-0.4, -0.2) is 24.3 Å². The highest BCUT2D eigenvalue weighted by molar-refractivity contribution is 5.85. The van der Waals surface area contributed by atoms with Gasteiger partial charge in [0.1, 0.15) is 0 Å². The van der Waals surface area contributed by atoms with Crippen molar-refractivity contribution in [1.29, 1.82) is 0 Å². The van der Waals surface area contributed by atoms with Crippen molar-refractivity contribution < 1.29 is 14.6 Å². The second-order valence-corrected chi connectivity index (χ2v) is 2.95. The van der Waals surface area contributed by atoms with Crippen LogP contribution < -0.4 is 0 Å². The van der Waals surface area contributed by atoms with Crippen molar-refractivity contribution in [2.75, 3.05) is 13.2 Å². The van der Waals surface area contributed by atoms with Gasteiger partial charge < -0.3 is 9.84 Å².